The summed E-state index contributed by atoms with van der Waals surface area (Å²) >= 11 is 0. The number of aryl methyl sites for hydroxylation is 2. The Morgan fingerprint density at radius 3 is 2.83 bits per heavy atom. The number of hydrogen-bond donors (Lipinski definition) is 2. The molecule has 0 spiro atoms. The number of hydrogen-bond acceptors (Lipinski definition) is 5. The molecule has 2 aromatic heterocycles. The number of aliphatic hydroxyl groups excluding tert-OH is 1. The van der Waals surface area contributed by atoms with E-state index in [0.29, 0.717) is 24.2 Å². The lowest BCUT2D eigenvalue weighted by atomic mass is 10.2. The van der Waals surface area contributed by atoms with Gasteiger partial charge in [-0.25, -0.2) is 9.48 Å². The molecule has 2 N–H and O–H groups in total. The number of carbonyl (C=O) groups is 1. The molecule has 0 radical (unpaired) electrons. The van der Waals surface area contributed by atoms with E-state index in [-0.39, 0.29) is 12.3 Å². The van der Waals surface area contributed by atoms with Gasteiger partial charge in [-0.05, 0) is 6.42 Å². The Balaban J connectivity index is 2.46. The highest BCUT2D eigenvalue weighted by atomic mass is 16.4. The van der Waals surface area contributed by atoms with Crippen molar-refractivity contribution in [2.75, 3.05) is 6.61 Å². The molecule has 0 atom stereocenters. The fourth-order valence-electron chi connectivity index (χ4n) is 1.66. The summed E-state index contributed by atoms with van der Waals surface area (Å²) in [5, 5.41) is 29.3. The zero-order valence-corrected chi connectivity index (χ0v) is 9.81. The van der Waals surface area contributed by atoms with Gasteiger partial charge in [0.1, 0.15) is 5.69 Å². The van der Waals surface area contributed by atoms with E-state index >= 15 is 0 Å². The van der Waals surface area contributed by atoms with Crippen LogP contribution >= 0.6 is 0 Å². The van der Waals surface area contributed by atoms with E-state index in [1.807, 2.05) is 0 Å². The molecule has 2 heterocycles. The van der Waals surface area contributed by atoms with Crippen LogP contribution in [-0.4, -0.2) is 47.6 Å². The van der Waals surface area contributed by atoms with Crippen molar-refractivity contribution in [2.24, 2.45) is 7.05 Å². The monoisotopic (exact) mass is 251 g/mol. The van der Waals surface area contributed by atoms with E-state index in [1.165, 1.54) is 4.68 Å². The Morgan fingerprint density at radius 1 is 1.50 bits per heavy atom. The van der Waals surface area contributed by atoms with Gasteiger partial charge in [0.05, 0.1) is 6.20 Å². The van der Waals surface area contributed by atoms with Gasteiger partial charge < -0.3 is 10.2 Å². The van der Waals surface area contributed by atoms with Gasteiger partial charge in [0, 0.05) is 32.0 Å². The maximum absolute atomic E-state index is 11.1. The summed E-state index contributed by atoms with van der Waals surface area (Å²) in [5.41, 5.74) is 0.933. The first-order chi connectivity index (χ1) is 8.63. The van der Waals surface area contributed by atoms with Gasteiger partial charge in [-0.3, -0.25) is 4.68 Å². The van der Waals surface area contributed by atoms with E-state index in [2.05, 4.69) is 15.4 Å². The van der Waals surface area contributed by atoms with E-state index < -0.39 is 5.97 Å². The smallest absolute Gasteiger partial charge is 0.358 e. The molecule has 0 bridgehead atoms. The summed E-state index contributed by atoms with van der Waals surface area (Å²) in [4.78, 5) is 11.1. The maximum atomic E-state index is 11.1. The summed E-state index contributed by atoms with van der Waals surface area (Å²) in [5.74, 6) is -1.14. The average Bonchev–Trinajstić information content (AvgIpc) is 2.91. The first-order valence-corrected chi connectivity index (χ1v) is 5.40. The molecular formula is C10H13N5O3. The molecule has 0 aliphatic carbocycles. The third-order valence-corrected chi connectivity index (χ3v) is 2.44. The average molecular weight is 251 g/mol. The summed E-state index contributed by atoms with van der Waals surface area (Å²) in [6, 6.07) is 0. The predicted octanol–water partition coefficient (Wildman–Crippen LogP) is -0.241. The lowest BCUT2D eigenvalue weighted by molar-refractivity contribution is 0.0691. The van der Waals surface area contributed by atoms with Crippen molar-refractivity contribution in [3.8, 4) is 11.3 Å². The number of aromatic nitrogens is 5. The van der Waals surface area contributed by atoms with Gasteiger partial charge >= 0.3 is 5.97 Å². The van der Waals surface area contributed by atoms with Crippen LogP contribution in [0.15, 0.2) is 12.4 Å². The van der Waals surface area contributed by atoms with E-state index in [0.717, 1.165) is 0 Å². The van der Waals surface area contributed by atoms with Gasteiger partial charge in [0.15, 0.2) is 5.69 Å². The second kappa shape index (κ2) is 4.96. The number of aliphatic hydroxyl groups is 1. The fourth-order valence-corrected chi connectivity index (χ4v) is 1.66. The highest BCUT2D eigenvalue weighted by molar-refractivity contribution is 5.92. The number of aromatic carboxylic acids is 1. The molecule has 2 rings (SSSR count). The van der Waals surface area contributed by atoms with Crippen LogP contribution in [0.25, 0.3) is 11.3 Å². The van der Waals surface area contributed by atoms with Crippen LogP contribution in [0, 0.1) is 0 Å². The first-order valence-electron chi connectivity index (χ1n) is 5.40. The van der Waals surface area contributed by atoms with E-state index in [9.17, 15) is 4.79 Å². The Labute approximate surface area is 102 Å². The summed E-state index contributed by atoms with van der Waals surface area (Å²) in [7, 11) is 1.74. The largest absolute Gasteiger partial charge is 0.476 e. The van der Waals surface area contributed by atoms with Gasteiger partial charge in [-0.1, -0.05) is 5.21 Å². The Kier molecular flexibility index (Phi) is 3.38. The van der Waals surface area contributed by atoms with Crippen LogP contribution in [0.1, 0.15) is 16.9 Å². The van der Waals surface area contributed by atoms with Crippen LogP contribution in [0.5, 0.6) is 0 Å². The van der Waals surface area contributed by atoms with Crippen LogP contribution in [0.4, 0.5) is 0 Å². The van der Waals surface area contributed by atoms with E-state index in [1.54, 1.807) is 24.1 Å². The van der Waals surface area contributed by atoms with Crippen molar-refractivity contribution in [2.45, 2.75) is 13.0 Å². The Bertz CT molecular complexity index is 560. The second-order valence-electron chi connectivity index (χ2n) is 3.79. The topological polar surface area (TPSA) is 106 Å². The van der Waals surface area contributed by atoms with Crippen LogP contribution < -0.4 is 0 Å². The minimum absolute atomic E-state index is 0.00868. The Morgan fingerprint density at radius 2 is 2.28 bits per heavy atom. The molecule has 0 aliphatic heterocycles. The molecule has 0 saturated heterocycles. The molecule has 0 unspecified atom stereocenters. The molecule has 96 valence electrons. The number of carboxylic acid groups (broad SMARTS) is 1. The van der Waals surface area contributed by atoms with Crippen LogP contribution in [0.2, 0.25) is 0 Å². The second-order valence-corrected chi connectivity index (χ2v) is 3.79. The lowest BCUT2D eigenvalue weighted by Crippen LogP contribution is -2.06. The molecule has 0 aliphatic rings. The SMILES string of the molecule is Cn1cc(-c2c(C(=O)O)nnn2CCCO)cn1. The van der Waals surface area contributed by atoms with Crippen molar-refractivity contribution in [3.63, 3.8) is 0 Å². The van der Waals surface area contributed by atoms with Gasteiger partial charge in [-0.15, -0.1) is 5.10 Å². The third kappa shape index (κ3) is 2.23. The van der Waals surface area contributed by atoms with Gasteiger partial charge in [-0.2, -0.15) is 5.10 Å². The first kappa shape index (κ1) is 12.2. The normalized spacial score (nSPS) is 10.8. The molecular weight excluding hydrogens is 238 g/mol. The molecule has 2 aromatic rings. The van der Waals surface area contributed by atoms with E-state index in [4.69, 9.17) is 10.2 Å². The number of carboxylic acids is 1. The molecule has 0 aromatic carbocycles. The summed E-state index contributed by atoms with van der Waals surface area (Å²) in [6.45, 7) is 0.412. The van der Waals surface area contributed by atoms with Gasteiger partial charge in [0.25, 0.3) is 0 Å². The molecule has 0 saturated carbocycles. The molecule has 0 amide bonds. The highest BCUT2D eigenvalue weighted by Crippen LogP contribution is 2.21. The molecule has 8 heteroatoms. The minimum atomic E-state index is -1.14. The van der Waals surface area contributed by atoms with Crippen molar-refractivity contribution in [3.05, 3.63) is 18.1 Å². The molecule has 18 heavy (non-hydrogen) atoms. The lowest BCUT2D eigenvalue weighted by Gasteiger charge is -2.03. The zero-order chi connectivity index (χ0) is 13.1. The van der Waals surface area contributed by atoms with Crippen molar-refractivity contribution in [1.29, 1.82) is 0 Å². The highest BCUT2D eigenvalue weighted by Gasteiger charge is 2.21. The maximum Gasteiger partial charge on any atom is 0.358 e. The third-order valence-electron chi connectivity index (χ3n) is 2.44. The van der Waals surface area contributed by atoms with Crippen molar-refractivity contribution in [1.82, 2.24) is 24.8 Å². The summed E-state index contributed by atoms with van der Waals surface area (Å²) < 4.78 is 3.04. The Hall–Kier alpha value is -2.22. The zero-order valence-electron chi connectivity index (χ0n) is 9.81. The van der Waals surface area contributed by atoms with Crippen LogP contribution in [-0.2, 0) is 13.6 Å². The van der Waals surface area contributed by atoms with Gasteiger partial charge in [0.2, 0.25) is 0 Å². The number of rotatable bonds is 5. The van der Waals surface area contributed by atoms with Crippen LogP contribution in [0.3, 0.4) is 0 Å². The van der Waals surface area contributed by atoms with Crippen molar-refractivity contribution >= 4 is 5.97 Å². The number of nitrogens with zero attached hydrogens (tertiary/aromatic N) is 5. The quantitative estimate of drug-likeness (QED) is 0.759. The summed E-state index contributed by atoms with van der Waals surface area (Å²) in [6.07, 6.45) is 3.73. The minimum Gasteiger partial charge on any atom is -0.476 e. The molecule has 8 nitrogen and oxygen atoms in total. The van der Waals surface area contributed by atoms with Crippen molar-refractivity contribution < 1.29 is 15.0 Å². The predicted molar refractivity (Wildman–Crippen MR) is 60.9 cm³/mol. The standard InChI is InChI=1S/C10H13N5O3/c1-14-6-7(5-11-14)9-8(10(17)18)12-13-15(9)3-2-4-16/h5-6,16H,2-4H2,1H3,(H,17,18). The fraction of sp³-hybridized carbons (Fsp3) is 0.400. The molecule has 0 fully saturated rings.